The molecule has 0 radical (unpaired) electrons. The van der Waals surface area contributed by atoms with Crippen molar-refractivity contribution in [3.63, 3.8) is 0 Å². The monoisotopic (exact) mass is 460 g/mol. The van der Waals surface area contributed by atoms with E-state index >= 15 is 0 Å². The van der Waals surface area contributed by atoms with Gasteiger partial charge in [-0.25, -0.2) is 4.98 Å². The summed E-state index contributed by atoms with van der Waals surface area (Å²) < 4.78 is 53.6. The molecule has 0 N–H and O–H groups in total. The highest BCUT2D eigenvalue weighted by atomic mass is 19.4. The van der Waals surface area contributed by atoms with Gasteiger partial charge >= 0.3 is 12.1 Å². The van der Waals surface area contributed by atoms with Crippen molar-refractivity contribution in [1.82, 2.24) is 9.38 Å². The quantitative estimate of drug-likeness (QED) is 0.382. The Hall–Kier alpha value is -3.03. The van der Waals surface area contributed by atoms with E-state index in [1.54, 1.807) is 48.0 Å². The number of esters is 1. The molecule has 4 rings (SSSR count). The maximum Gasteiger partial charge on any atom is 0.416 e. The van der Waals surface area contributed by atoms with E-state index < -0.39 is 11.7 Å². The Kier molecular flexibility index (Phi) is 6.91. The standard InChI is InChI=1S/C25H27F3N2O3/c1-2-32-24(31)12-8-19-14-30-15-20(9-11-23(30)29-19)33-16-17-7-10-21(18-5-3-4-6-18)22(13-17)25(26,27)28/h7,9-11,13-15,18H,2-6,8,12,16H2,1H3. The number of carbonyl (C=O) groups excluding carboxylic acids is 1. The third-order valence-corrected chi connectivity index (χ3v) is 5.99. The van der Waals surface area contributed by atoms with Crippen LogP contribution in [0.5, 0.6) is 5.75 Å². The lowest BCUT2D eigenvalue weighted by molar-refractivity contribution is -0.143. The molecule has 33 heavy (non-hydrogen) atoms. The largest absolute Gasteiger partial charge is 0.487 e. The summed E-state index contributed by atoms with van der Waals surface area (Å²) >= 11 is 0. The molecule has 1 aliphatic rings. The highest BCUT2D eigenvalue weighted by Gasteiger charge is 2.36. The van der Waals surface area contributed by atoms with Crippen LogP contribution in [-0.4, -0.2) is 22.0 Å². The fourth-order valence-corrected chi connectivity index (χ4v) is 4.39. The van der Waals surface area contributed by atoms with Crippen LogP contribution in [0.15, 0.2) is 42.7 Å². The summed E-state index contributed by atoms with van der Waals surface area (Å²) in [5.74, 6) is 0.235. The molecule has 1 aromatic carbocycles. The van der Waals surface area contributed by atoms with Crippen molar-refractivity contribution in [3.05, 3.63) is 65.1 Å². The van der Waals surface area contributed by atoms with Crippen LogP contribution >= 0.6 is 0 Å². The predicted octanol–water partition coefficient (Wildman–Crippen LogP) is 6.09. The molecule has 2 aromatic heterocycles. The van der Waals surface area contributed by atoms with Gasteiger partial charge < -0.3 is 13.9 Å². The van der Waals surface area contributed by atoms with Crippen LogP contribution in [0.3, 0.4) is 0 Å². The van der Waals surface area contributed by atoms with Crippen LogP contribution in [0.4, 0.5) is 13.2 Å². The molecule has 1 fully saturated rings. The average Bonchev–Trinajstić information content (AvgIpc) is 3.45. The first-order valence-electron chi connectivity index (χ1n) is 11.3. The van der Waals surface area contributed by atoms with E-state index in [-0.39, 0.29) is 24.9 Å². The first kappa shape index (κ1) is 23.1. The lowest BCUT2D eigenvalue weighted by Gasteiger charge is -2.19. The number of rotatable bonds is 8. The predicted molar refractivity (Wildman–Crippen MR) is 117 cm³/mol. The van der Waals surface area contributed by atoms with Crippen molar-refractivity contribution in [2.24, 2.45) is 0 Å². The number of pyridine rings is 1. The second-order valence-corrected chi connectivity index (χ2v) is 8.36. The SMILES string of the molecule is CCOC(=O)CCc1cn2cc(OCc3ccc(C4CCCC4)c(C(F)(F)F)c3)ccc2n1. The van der Waals surface area contributed by atoms with Gasteiger partial charge in [0.1, 0.15) is 18.0 Å². The molecular formula is C25H27F3N2O3. The number of hydrogen-bond donors (Lipinski definition) is 0. The Morgan fingerprint density at radius 2 is 1.94 bits per heavy atom. The second-order valence-electron chi connectivity index (χ2n) is 8.36. The molecular weight excluding hydrogens is 433 g/mol. The number of aryl methyl sites for hydroxylation is 1. The summed E-state index contributed by atoms with van der Waals surface area (Å²) in [4.78, 5) is 16.0. The number of ether oxygens (including phenoxy) is 2. The van der Waals surface area contributed by atoms with E-state index in [0.29, 0.717) is 35.6 Å². The van der Waals surface area contributed by atoms with Crippen molar-refractivity contribution >= 4 is 11.6 Å². The summed E-state index contributed by atoms with van der Waals surface area (Å²) in [5, 5.41) is 0. The Balaban J connectivity index is 1.44. The lowest BCUT2D eigenvalue weighted by Crippen LogP contribution is -2.12. The van der Waals surface area contributed by atoms with Gasteiger partial charge in [0.15, 0.2) is 0 Å². The Bertz CT molecular complexity index is 1120. The van der Waals surface area contributed by atoms with Gasteiger partial charge in [0.2, 0.25) is 0 Å². The summed E-state index contributed by atoms with van der Waals surface area (Å²) in [6, 6.07) is 8.07. The molecule has 0 bridgehead atoms. The molecule has 1 aliphatic carbocycles. The minimum Gasteiger partial charge on any atom is -0.487 e. The van der Waals surface area contributed by atoms with E-state index in [1.165, 1.54) is 6.07 Å². The zero-order chi connectivity index (χ0) is 23.4. The fourth-order valence-electron chi connectivity index (χ4n) is 4.39. The molecule has 2 heterocycles. The minimum absolute atomic E-state index is 0.0155. The third kappa shape index (κ3) is 5.67. The van der Waals surface area contributed by atoms with Gasteiger partial charge in [0.25, 0.3) is 0 Å². The zero-order valence-electron chi connectivity index (χ0n) is 18.5. The topological polar surface area (TPSA) is 52.8 Å². The van der Waals surface area contributed by atoms with Crippen molar-refractivity contribution in [1.29, 1.82) is 0 Å². The average molecular weight is 460 g/mol. The molecule has 0 spiro atoms. The van der Waals surface area contributed by atoms with Gasteiger partial charge in [-0.1, -0.05) is 25.0 Å². The number of alkyl halides is 3. The summed E-state index contributed by atoms with van der Waals surface area (Å²) in [7, 11) is 0. The summed E-state index contributed by atoms with van der Waals surface area (Å²) in [6.07, 6.45) is 3.44. The van der Waals surface area contributed by atoms with Gasteiger partial charge in [0.05, 0.1) is 30.5 Å². The molecule has 0 amide bonds. The highest BCUT2D eigenvalue weighted by Crippen LogP contribution is 2.42. The van der Waals surface area contributed by atoms with E-state index in [0.717, 1.165) is 31.4 Å². The van der Waals surface area contributed by atoms with E-state index in [2.05, 4.69) is 4.98 Å². The van der Waals surface area contributed by atoms with Gasteiger partial charge in [-0.3, -0.25) is 4.79 Å². The van der Waals surface area contributed by atoms with Crippen LogP contribution < -0.4 is 4.74 Å². The minimum atomic E-state index is -4.39. The van der Waals surface area contributed by atoms with E-state index in [1.807, 2.05) is 0 Å². The van der Waals surface area contributed by atoms with Crippen LogP contribution in [0.2, 0.25) is 0 Å². The Morgan fingerprint density at radius 1 is 1.15 bits per heavy atom. The molecule has 176 valence electrons. The number of nitrogens with zero attached hydrogens (tertiary/aromatic N) is 2. The van der Waals surface area contributed by atoms with Crippen LogP contribution in [0.25, 0.3) is 5.65 Å². The van der Waals surface area contributed by atoms with Gasteiger partial charge in [-0.15, -0.1) is 0 Å². The van der Waals surface area contributed by atoms with Gasteiger partial charge in [0, 0.05) is 12.6 Å². The van der Waals surface area contributed by atoms with Crippen molar-refractivity contribution in [2.75, 3.05) is 6.61 Å². The van der Waals surface area contributed by atoms with Crippen molar-refractivity contribution in [3.8, 4) is 5.75 Å². The fraction of sp³-hybridized carbons (Fsp3) is 0.440. The molecule has 3 aromatic rings. The summed E-state index contributed by atoms with van der Waals surface area (Å²) in [5.41, 5.74) is 1.77. The molecule has 0 unspecified atom stereocenters. The number of hydrogen-bond acceptors (Lipinski definition) is 4. The lowest BCUT2D eigenvalue weighted by atomic mass is 9.91. The second kappa shape index (κ2) is 9.85. The maximum atomic E-state index is 13.7. The smallest absolute Gasteiger partial charge is 0.416 e. The number of fused-ring (bicyclic) bond motifs is 1. The van der Waals surface area contributed by atoms with Gasteiger partial charge in [-0.2, -0.15) is 13.2 Å². The highest BCUT2D eigenvalue weighted by molar-refractivity contribution is 5.69. The normalized spacial score (nSPS) is 14.7. The molecule has 8 heteroatoms. The molecule has 0 aliphatic heterocycles. The first-order valence-corrected chi connectivity index (χ1v) is 11.3. The number of aromatic nitrogens is 2. The first-order chi connectivity index (χ1) is 15.8. The van der Waals surface area contributed by atoms with Gasteiger partial charge in [-0.05, 0) is 55.0 Å². The maximum absolute atomic E-state index is 13.7. The van der Waals surface area contributed by atoms with E-state index in [4.69, 9.17) is 9.47 Å². The van der Waals surface area contributed by atoms with Crippen LogP contribution in [0.1, 0.15) is 67.3 Å². The zero-order valence-corrected chi connectivity index (χ0v) is 18.5. The number of halogens is 3. The number of benzene rings is 1. The number of imidazole rings is 1. The Labute approximate surface area is 190 Å². The van der Waals surface area contributed by atoms with Crippen molar-refractivity contribution < 1.29 is 27.4 Å². The molecule has 1 saturated carbocycles. The molecule has 0 atom stereocenters. The third-order valence-electron chi connectivity index (χ3n) is 5.99. The van der Waals surface area contributed by atoms with Crippen LogP contribution in [-0.2, 0) is 28.7 Å². The molecule has 0 saturated heterocycles. The number of carbonyl (C=O) groups is 1. The molecule has 5 nitrogen and oxygen atoms in total. The van der Waals surface area contributed by atoms with E-state index in [9.17, 15) is 18.0 Å². The van der Waals surface area contributed by atoms with Crippen LogP contribution in [0, 0.1) is 0 Å². The summed E-state index contributed by atoms with van der Waals surface area (Å²) in [6.45, 7) is 2.14. The Morgan fingerprint density at radius 3 is 2.67 bits per heavy atom. The van der Waals surface area contributed by atoms with Crippen molar-refractivity contribution in [2.45, 2.75) is 64.1 Å².